The Hall–Kier alpha value is -2.77. The lowest BCUT2D eigenvalue weighted by Gasteiger charge is -2.07. The zero-order chi connectivity index (χ0) is 19.2. The summed E-state index contributed by atoms with van der Waals surface area (Å²) in [5.74, 6) is 1.01. The van der Waals surface area contributed by atoms with Gasteiger partial charge in [-0.3, -0.25) is 10.1 Å². The van der Waals surface area contributed by atoms with Crippen molar-refractivity contribution in [2.24, 2.45) is 0 Å². The van der Waals surface area contributed by atoms with E-state index in [-0.39, 0.29) is 18.5 Å². The summed E-state index contributed by atoms with van der Waals surface area (Å²) in [4.78, 5) is 12.0. The van der Waals surface area contributed by atoms with Crippen LogP contribution < -0.4 is 14.8 Å². The molecule has 0 atom stereocenters. The first-order valence-electron chi connectivity index (χ1n) is 7.99. The third-order valence-corrected chi connectivity index (χ3v) is 3.72. The lowest BCUT2D eigenvalue weighted by molar-refractivity contribution is -0.118. The number of halogens is 2. The largest absolute Gasteiger partial charge is 0.494 e. The molecule has 0 aliphatic rings. The monoisotopic (exact) mass is 407 g/mol. The number of carbonyl (C=O) groups excluding carboxylic acids is 1. The van der Waals surface area contributed by atoms with Crippen LogP contribution >= 0.6 is 23.2 Å². The third-order valence-electron chi connectivity index (χ3n) is 3.29. The molecule has 1 N–H and O–H groups in total. The molecule has 2 aromatic carbocycles. The van der Waals surface area contributed by atoms with Gasteiger partial charge in [0, 0.05) is 15.6 Å². The van der Waals surface area contributed by atoms with Gasteiger partial charge in [0.05, 0.1) is 6.61 Å². The maximum atomic E-state index is 12.0. The quantitative estimate of drug-likeness (QED) is 0.621. The summed E-state index contributed by atoms with van der Waals surface area (Å²) in [6.45, 7) is 2.27. The maximum absolute atomic E-state index is 12.0. The molecule has 140 valence electrons. The molecule has 27 heavy (non-hydrogen) atoms. The highest BCUT2D eigenvalue weighted by Crippen LogP contribution is 2.27. The SMILES string of the molecule is CCOc1ccc(OCC(=O)Nc2nnc(-c3cc(Cl)cc(Cl)c3)o2)cc1. The van der Waals surface area contributed by atoms with Gasteiger partial charge in [-0.25, -0.2) is 0 Å². The summed E-state index contributed by atoms with van der Waals surface area (Å²) >= 11 is 11.9. The number of carbonyl (C=O) groups is 1. The number of hydrogen-bond donors (Lipinski definition) is 1. The molecule has 3 aromatic rings. The van der Waals surface area contributed by atoms with Gasteiger partial charge in [-0.05, 0) is 49.4 Å². The molecular weight excluding hydrogens is 393 g/mol. The lowest BCUT2D eigenvalue weighted by atomic mass is 10.2. The molecular formula is C18H15Cl2N3O4. The van der Waals surface area contributed by atoms with Crippen LogP contribution in [0, 0.1) is 0 Å². The number of anilines is 1. The Kier molecular flexibility index (Phi) is 6.16. The van der Waals surface area contributed by atoms with Crippen molar-refractivity contribution in [2.45, 2.75) is 6.92 Å². The van der Waals surface area contributed by atoms with E-state index in [1.165, 1.54) is 0 Å². The van der Waals surface area contributed by atoms with Gasteiger partial charge in [0.25, 0.3) is 5.91 Å². The number of amides is 1. The van der Waals surface area contributed by atoms with Crippen molar-refractivity contribution in [2.75, 3.05) is 18.5 Å². The predicted octanol–water partition coefficient (Wildman–Crippen LogP) is 4.46. The number of benzene rings is 2. The molecule has 0 bridgehead atoms. The smallest absolute Gasteiger partial charge is 0.322 e. The molecule has 0 aliphatic heterocycles. The summed E-state index contributed by atoms with van der Waals surface area (Å²) in [6, 6.07) is 11.7. The van der Waals surface area contributed by atoms with Crippen LogP contribution in [0.4, 0.5) is 6.01 Å². The molecule has 0 spiro atoms. The van der Waals surface area contributed by atoms with E-state index in [2.05, 4.69) is 15.5 Å². The second-order valence-electron chi connectivity index (χ2n) is 5.31. The van der Waals surface area contributed by atoms with E-state index in [0.29, 0.717) is 28.0 Å². The second-order valence-corrected chi connectivity index (χ2v) is 6.18. The number of rotatable bonds is 7. The van der Waals surface area contributed by atoms with Crippen molar-refractivity contribution in [3.05, 3.63) is 52.5 Å². The lowest BCUT2D eigenvalue weighted by Crippen LogP contribution is -2.20. The minimum atomic E-state index is -0.441. The fraction of sp³-hybridized carbons (Fsp3) is 0.167. The normalized spacial score (nSPS) is 10.5. The van der Waals surface area contributed by atoms with Gasteiger partial charge in [0.2, 0.25) is 5.89 Å². The van der Waals surface area contributed by atoms with Crippen molar-refractivity contribution in [1.29, 1.82) is 0 Å². The highest BCUT2D eigenvalue weighted by molar-refractivity contribution is 6.35. The Morgan fingerprint density at radius 3 is 2.30 bits per heavy atom. The van der Waals surface area contributed by atoms with E-state index in [0.717, 1.165) is 5.75 Å². The number of ether oxygens (including phenoxy) is 2. The first-order valence-corrected chi connectivity index (χ1v) is 8.74. The van der Waals surface area contributed by atoms with Crippen LogP contribution in [0.15, 0.2) is 46.9 Å². The fourth-order valence-electron chi connectivity index (χ4n) is 2.17. The van der Waals surface area contributed by atoms with Crippen LogP contribution in [0.2, 0.25) is 10.0 Å². The van der Waals surface area contributed by atoms with E-state index >= 15 is 0 Å². The van der Waals surface area contributed by atoms with Crippen molar-refractivity contribution < 1.29 is 18.7 Å². The maximum Gasteiger partial charge on any atom is 0.322 e. The van der Waals surface area contributed by atoms with Crippen LogP contribution in [0.25, 0.3) is 11.5 Å². The van der Waals surface area contributed by atoms with Crippen molar-refractivity contribution in [3.8, 4) is 23.0 Å². The van der Waals surface area contributed by atoms with E-state index in [1.807, 2.05) is 6.92 Å². The molecule has 0 unspecified atom stereocenters. The molecule has 0 aliphatic carbocycles. The topological polar surface area (TPSA) is 86.5 Å². The average molecular weight is 408 g/mol. The minimum Gasteiger partial charge on any atom is -0.494 e. The van der Waals surface area contributed by atoms with Crippen LogP contribution in [0.3, 0.4) is 0 Å². The Morgan fingerprint density at radius 2 is 1.67 bits per heavy atom. The van der Waals surface area contributed by atoms with Crippen LogP contribution in [-0.2, 0) is 4.79 Å². The van der Waals surface area contributed by atoms with Gasteiger partial charge in [-0.15, -0.1) is 5.10 Å². The van der Waals surface area contributed by atoms with E-state index in [4.69, 9.17) is 37.1 Å². The number of hydrogen-bond acceptors (Lipinski definition) is 6. The Labute approximate surface area is 165 Å². The van der Waals surface area contributed by atoms with Crippen molar-refractivity contribution in [1.82, 2.24) is 10.2 Å². The minimum absolute atomic E-state index is 0.0543. The molecule has 3 rings (SSSR count). The zero-order valence-corrected chi connectivity index (χ0v) is 15.8. The molecule has 1 heterocycles. The van der Waals surface area contributed by atoms with Gasteiger partial charge in [-0.1, -0.05) is 28.3 Å². The molecule has 0 saturated carbocycles. The van der Waals surface area contributed by atoms with Crippen molar-refractivity contribution >= 4 is 35.1 Å². The molecule has 1 aromatic heterocycles. The predicted molar refractivity (Wildman–Crippen MR) is 101 cm³/mol. The van der Waals surface area contributed by atoms with Crippen LogP contribution in [0.5, 0.6) is 11.5 Å². The Balaban J connectivity index is 1.56. The van der Waals surface area contributed by atoms with Gasteiger partial charge in [-0.2, -0.15) is 0 Å². The molecule has 0 radical (unpaired) electrons. The Morgan fingerprint density at radius 1 is 1.04 bits per heavy atom. The van der Waals surface area contributed by atoms with Gasteiger partial charge < -0.3 is 13.9 Å². The number of aromatic nitrogens is 2. The molecule has 0 saturated heterocycles. The standard InChI is InChI=1S/C18H15Cl2N3O4/c1-2-25-14-3-5-15(6-4-14)26-10-16(24)21-18-23-22-17(27-18)11-7-12(19)9-13(20)8-11/h3-9H,2,10H2,1H3,(H,21,23,24). The number of nitrogens with zero attached hydrogens (tertiary/aromatic N) is 2. The average Bonchev–Trinajstić information content (AvgIpc) is 3.09. The van der Waals surface area contributed by atoms with Crippen LogP contribution in [-0.4, -0.2) is 29.3 Å². The summed E-state index contributed by atoms with van der Waals surface area (Å²) in [7, 11) is 0. The van der Waals surface area contributed by atoms with Gasteiger partial charge in [0.15, 0.2) is 6.61 Å². The highest BCUT2D eigenvalue weighted by Gasteiger charge is 2.13. The summed E-state index contributed by atoms with van der Waals surface area (Å²) in [5.41, 5.74) is 0.547. The van der Waals surface area contributed by atoms with Gasteiger partial charge >= 0.3 is 6.01 Å². The summed E-state index contributed by atoms with van der Waals surface area (Å²) < 4.78 is 16.1. The number of nitrogens with one attached hydrogen (secondary N) is 1. The first kappa shape index (κ1) is 19.0. The van der Waals surface area contributed by atoms with Gasteiger partial charge in [0.1, 0.15) is 11.5 Å². The van der Waals surface area contributed by atoms with Crippen LogP contribution in [0.1, 0.15) is 6.92 Å². The van der Waals surface area contributed by atoms with E-state index < -0.39 is 5.91 Å². The summed E-state index contributed by atoms with van der Waals surface area (Å²) in [5, 5.41) is 11.0. The third kappa shape index (κ3) is 5.35. The summed E-state index contributed by atoms with van der Waals surface area (Å²) in [6.07, 6.45) is 0. The zero-order valence-electron chi connectivity index (χ0n) is 14.2. The first-order chi connectivity index (χ1) is 13.0. The van der Waals surface area contributed by atoms with Crippen molar-refractivity contribution in [3.63, 3.8) is 0 Å². The van der Waals surface area contributed by atoms with E-state index in [9.17, 15) is 4.79 Å². The molecule has 0 fully saturated rings. The molecule has 9 heteroatoms. The second kappa shape index (κ2) is 8.75. The Bertz CT molecular complexity index is 908. The fourth-order valence-corrected chi connectivity index (χ4v) is 2.70. The highest BCUT2D eigenvalue weighted by atomic mass is 35.5. The molecule has 7 nitrogen and oxygen atoms in total. The molecule has 1 amide bonds. The van der Waals surface area contributed by atoms with E-state index in [1.54, 1.807) is 42.5 Å².